The van der Waals surface area contributed by atoms with Crippen LogP contribution in [-0.2, 0) is 6.54 Å². The van der Waals surface area contributed by atoms with Crippen LogP contribution in [-0.4, -0.2) is 68.2 Å². The van der Waals surface area contributed by atoms with Crippen molar-refractivity contribution in [2.45, 2.75) is 20.4 Å². The fourth-order valence-electron chi connectivity index (χ4n) is 4.01. The number of halogens is 1. The van der Waals surface area contributed by atoms with E-state index >= 15 is 0 Å². The van der Waals surface area contributed by atoms with Crippen LogP contribution in [0, 0.1) is 3.57 Å². The second-order valence-corrected chi connectivity index (χ2v) is 10.3. The average Bonchev–Trinajstić information content (AvgIpc) is 2.94. The molecule has 0 spiro atoms. The molecule has 0 saturated carbocycles. The first-order valence-electron chi connectivity index (χ1n) is 12.9. The van der Waals surface area contributed by atoms with Crippen molar-refractivity contribution in [1.82, 2.24) is 15.2 Å². The molecule has 0 aromatic heterocycles. The molecule has 0 heterocycles. The molecule has 0 unspecified atom stereocenters. The Morgan fingerprint density at radius 1 is 0.974 bits per heavy atom. The van der Waals surface area contributed by atoms with E-state index in [1.165, 1.54) is 6.21 Å². The van der Waals surface area contributed by atoms with E-state index in [-0.39, 0.29) is 5.91 Å². The largest absolute Gasteiger partial charge is 0.497 e. The summed E-state index contributed by atoms with van der Waals surface area (Å²) >= 11 is 2.13. The molecule has 3 rings (SSSR count). The van der Waals surface area contributed by atoms with Gasteiger partial charge >= 0.3 is 0 Å². The number of hydrogen-bond donors (Lipinski definition) is 2. The molecule has 0 bridgehead atoms. The fraction of sp³-hybridized carbons (Fsp3) is 0.300. The number of likely N-dealkylation sites (N-methyl/N-ethyl adjacent to an activating group) is 2. The molecule has 0 atom stereocenters. The molecule has 206 valence electrons. The minimum absolute atomic E-state index is 0.280. The van der Waals surface area contributed by atoms with Crippen LogP contribution in [0.4, 0.5) is 5.69 Å². The molecule has 39 heavy (non-hydrogen) atoms. The second-order valence-electron chi connectivity index (χ2n) is 9.08. The molecule has 2 amide bonds. The van der Waals surface area contributed by atoms with Gasteiger partial charge < -0.3 is 19.9 Å². The summed E-state index contributed by atoms with van der Waals surface area (Å²) in [5.74, 6) is -0.00689. The van der Waals surface area contributed by atoms with E-state index in [0.29, 0.717) is 22.6 Å². The van der Waals surface area contributed by atoms with Gasteiger partial charge in [0.25, 0.3) is 11.8 Å². The van der Waals surface area contributed by atoms with Gasteiger partial charge in [-0.3, -0.25) is 9.59 Å². The van der Waals surface area contributed by atoms with E-state index in [1.54, 1.807) is 25.3 Å². The average molecular weight is 642 g/mol. The molecular formula is C30H36IN5O3. The number of amides is 2. The molecule has 0 aliphatic rings. The Labute approximate surface area is 244 Å². The Morgan fingerprint density at radius 3 is 2.49 bits per heavy atom. The predicted molar refractivity (Wildman–Crippen MR) is 166 cm³/mol. The number of nitrogens with one attached hydrogen (secondary N) is 2. The van der Waals surface area contributed by atoms with Gasteiger partial charge in [0.1, 0.15) is 5.75 Å². The van der Waals surface area contributed by atoms with Gasteiger partial charge in [-0.1, -0.05) is 38.1 Å². The zero-order valence-electron chi connectivity index (χ0n) is 22.9. The van der Waals surface area contributed by atoms with Crippen LogP contribution in [0.5, 0.6) is 5.75 Å². The maximum atomic E-state index is 13.2. The highest BCUT2D eigenvalue weighted by molar-refractivity contribution is 14.1. The predicted octanol–water partition coefficient (Wildman–Crippen LogP) is 5.09. The van der Waals surface area contributed by atoms with Crippen molar-refractivity contribution < 1.29 is 14.3 Å². The molecular weight excluding hydrogens is 605 g/mol. The topological polar surface area (TPSA) is 86.3 Å². The van der Waals surface area contributed by atoms with E-state index in [1.807, 2.05) is 48.5 Å². The van der Waals surface area contributed by atoms with Gasteiger partial charge in [0.15, 0.2) is 0 Å². The summed E-state index contributed by atoms with van der Waals surface area (Å²) in [6.45, 7) is 9.10. The number of nitrogens with zero attached hydrogens (tertiary/aromatic N) is 3. The summed E-state index contributed by atoms with van der Waals surface area (Å²) in [6, 6.07) is 20.2. The number of carbonyl (C=O) groups is 2. The molecule has 3 aromatic rings. The Bertz CT molecular complexity index is 1290. The maximum absolute atomic E-state index is 13.2. The monoisotopic (exact) mass is 641 g/mol. The van der Waals surface area contributed by atoms with Crippen LogP contribution >= 0.6 is 22.6 Å². The highest BCUT2D eigenvalue weighted by Crippen LogP contribution is 2.20. The zero-order chi connectivity index (χ0) is 28.2. The van der Waals surface area contributed by atoms with E-state index in [0.717, 1.165) is 47.4 Å². The van der Waals surface area contributed by atoms with Gasteiger partial charge in [-0.05, 0) is 96.3 Å². The summed E-state index contributed by atoms with van der Waals surface area (Å²) in [5.41, 5.74) is 5.66. The smallest absolute Gasteiger partial charge is 0.273 e. The van der Waals surface area contributed by atoms with E-state index in [9.17, 15) is 9.59 Å². The van der Waals surface area contributed by atoms with Crippen LogP contribution in [0.15, 0.2) is 71.8 Å². The molecule has 2 N–H and O–H groups in total. The molecule has 8 nitrogen and oxygen atoms in total. The first kappa shape index (κ1) is 30.3. The number of ether oxygens (including phenoxy) is 1. The van der Waals surface area contributed by atoms with E-state index < -0.39 is 5.91 Å². The van der Waals surface area contributed by atoms with E-state index in [4.69, 9.17) is 4.74 Å². The first-order valence-corrected chi connectivity index (χ1v) is 14.0. The minimum atomic E-state index is -0.425. The SMILES string of the molecule is CCN(CC)CCN(C)Cc1cccc(C(=O)Nc2ccc(I)cc2C(=O)N/N=C/c2cccc(OC)c2)c1. The van der Waals surface area contributed by atoms with Crippen LogP contribution in [0.3, 0.4) is 0 Å². The number of rotatable bonds is 13. The maximum Gasteiger partial charge on any atom is 0.273 e. The van der Waals surface area contributed by atoms with Crippen LogP contribution in [0.25, 0.3) is 0 Å². The minimum Gasteiger partial charge on any atom is -0.497 e. The molecule has 0 fully saturated rings. The van der Waals surface area contributed by atoms with Crippen LogP contribution < -0.4 is 15.5 Å². The Kier molecular flexibility index (Phi) is 11.9. The quantitative estimate of drug-likeness (QED) is 0.154. The third kappa shape index (κ3) is 9.45. The summed E-state index contributed by atoms with van der Waals surface area (Å²) in [7, 11) is 3.68. The van der Waals surface area contributed by atoms with Crippen molar-refractivity contribution in [2.75, 3.05) is 45.7 Å². The van der Waals surface area contributed by atoms with Gasteiger partial charge in [-0.2, -0.15) is 5.10 Å². The van der Waals surface area contributed by atoms with Crippen LogP contribution in [0.2, 0.25) is 0 Å². The van der Waals surface area contributed by atoms with Crippen LogP contribution in [0.1, 0.15) is 45.7 Å². The van der Waals surface area contributed by atoms with Gasteiger partial charge in [0.05, 0.1) is 24.6 Å². The van der Waals surface area contributed by atoms with Crippen molar-refractivity contribution in [1.29, 1.82) is 0 Å². The first-order chi connectivity index (χ1) is 18.8. The molecule has 0 aliphatic carbocycles. The normalized spacial score (nSPS) is 11.3. The van der Waals surface area contributed by atoms with Gasteiger partial charge in [-0.25, -0.2) is 5.43 Å². The number of methoxy groups -OCH3 is 1. The van der Waals surface area contributed by atoms with Crippen molar-refractivity contribution >= 4 is 46.3 Å². The van der Waals surface area contributed by atoms with Crippen molar-refractivity contribution in [3.05, 3.63) is 92.6 Å². The fourth-order valence-corrected chi connectivity index (χ4v) is 4.50. The standard InChI is InChI=1S/C30H36IN5O3/c1-5-36(6-2)16-15-35(3)21-23-10-7-11-24(17-23)29(37)33-28-14-13-25(31)19-27(28)30(38)34-32-20-22-9-8-12-26(18-22)39-4/h7-14,17-20H,5-6,15-16,21H2,1-4H3,(H,33,37)(H,34,38)/b32-20+. The summed E-state index contributed by atoms with van der Waals surface area (Å²) in [4.78, 5) is 30.8. The van der Waals surface area contributed by atoms with Gasteiger partial charge in [0.2, 0.25) is 0 Å². The summed E-state index contributed by atoms with van der Waals surface area (Å²) < 4.78 is 6.08. The number of benzene rings is 3. The lowest BCUT2D eigenvalue weighted by atomic mass is 10.1. The summed E-state index contributed by atoms with van der Waals surface area (Å²) in [6.07, 6.45) is 1.54. The van der Waals surface area contributed by atoms with E-state index in [2.05, 4.69) is 69.1 Å². The third-order valence-electron chi connectivity index (χ3n) is 6.28. The van der Waals surface area contributed by atoms with Gasteiger partial charge in [0, 0.05) is 28.8 Å². The lowest BCUT2D eigenvalue weighted by Crippen LogP contribution is -2.32. The van der Waals surface area contributed by atoms with Crippen molar-refractivity contribution in [2.24, 2.45) is 5.10 Å². The number of anilines is 1. The Morgan fingerprint density at radius 2 is 1.74 bits per heavy atom. The third-order valence-corrected chi connectivity index (χ3v) is 6.95. The number of hydrogen-bond acceptors (Lipinski definition) is 6. The highest BCUT2D eigenvalue weighted by atomic mass is 127. The molecule has 3 aromatic carbocycles. The number of carbonyl (C=O) groups excluding carboxylic acids is 2. The van der Waals surface area contributed by atoms with Crippen molar-refractivity contribution in [3.63, 3.8) is 0 Å². The second kappa shape index (κ2) is 15.3. The molecule has 0 saturated heterocycles. The van der Waals surface area contributed by atoms with Gasteiger partial charge in [-0.15, -0.1) is 0 Å². The zero-order valence-corrected chi connectivity index (χ0v) is 25.1. The highest BCUT2D eigenvalue weighted by Gasteiger charge is 2.16. The molecule has 9 heteroatoms. The lowest BCUT2D eigenvalue weighted by molar-refractivity contribution is 0.0956. The Hall–Kier alpha value is -3.28. The Balaban J connectivity index is 1.67. The van der Waals surface area contributed by atoms with Crippen molar-refractivity contribution in [3.8, 4) is 5.75 Å². The molecule has 0 radical (unpaired) electrons. The number of hydrazone groups is 1. The lowest BCUT2D eigenvalue weighted by Gasteiger charge is -2.23. The molecule has 0 aliphatic heterocycles. The summed E-state index contributed by atoms with van der Waals surface area (Å²) in [5, 5.41) is 6.98.